The Morgan fingerprint density at radius 1 is 1.22 bits per heavy atom. The molecule has 0 saturated heterocycles. The zero-order valence-electron chi connectivity index (χ0n) is 15.2. The van der Waals surface area contributed by atoms with Crippen molar-refractivity contribution >= 4 is 33.2 Å². The van der Waals surface area contributed by atoms with E-state index in [9.17, 15) is 18.0 Å². The topological polar surface area (TPSA) is 110 Å². The number of primary sulfonamides is 1. The van der Waals surface area contributed by atoms with Gasteiger partial charge in [-0.1, -0.05) is 12.1 Å². The maximum atomic E-state index is 12.4. The van der Waals surface area contributed by atoms with E-state index < -0.39 is 10.0 Å². The highest BCUT2D eigenvalue weighted by Crippen LogP contribution is 2.21. The van der Waals surface area contributed by atoms with Crippen molar-refractivity contribution < 1.29 is 18.0 Å². The van der Waals surface area contributed by atoms with E-state index >= 15 is 0 Å². The van der Waals surface area contributed by atoms with Gasteiger partial charge in [0, 0.05) is 31.0 Å². The molecule has 1 atom stereocenters. The smallest absolute Gasteiger partial charge is 0.252 e. The van der Waals surface area contributed by atoms with Crippen molar-refractivity contribution in [1.82, 2.24) is 10.2 Å². The number of hydrogen-bond acceptors (Lipinski definition) is 5. The Morgan fingerprint density at radius 2 is 1.89 bits per heavy atom. The van der Waals surface area contributed by atoms with Crippen LogP contribution in [0.2, 0.25) is 0 Å². The monoisotopic (exact) mass is 409 g/mol. The molecule has 0 aliphatic rings. The molecule has 2 rings (SSSR count). The first kappa shape index (κ1) is 21.1. The van der Waals surface area contributed by atoms with Crippen LogP contribution in [0, 0.1) is 0 Å². The standard InChI is InChI=1S/C18H23N3O4S2/c1-13(14-5-7-16(8-6-14)27(19,24)25)21(2)17(22)4-3-10-20-18(23)15-9-11-26-12-15/h5-9,11-13H,3-4,10H2,1-2H3,(H,20,23)(H2,19,24,25). The largest absolute Gasteiger partial charge is 0.352 e. The number of nitrogens with one attached hydrogen (secondary N) is 1. The molecule has 9 heteroatoms. The fraction of sp³-hybridized carbons (Fsp3) is 0.333. The molecule has 146 valence electrons. The van der Waals surface area contributed by atoms with E-state index in [4.69, 9.17) is 5.14 Å². The van der Waals surface area contributed by atoms with Crippen LogP contribution >= 0.6 is 11.3 Å². The molecule has 0 bridgehead atoms. The maximum absolute atomic E-state index is 12.4. The molecule has 1 aromatic carbocycles. The molecular formula is C18H23N3O4S2. The first-order valence-corrected chi connectivity index (χ1v) is 10.9. The van der Waals surface area contributed by atoms with Gasteiger partial charge in [-0.25, -0.2) is 13.6 Å². The highest BCUT2D eigenvalue weighted by molar-refractivity contribution is 7.89. The van der Waals surface area contributed by atoms with E-state index in [1.807, 2.05) is 12.3 Å². The molecule has 1 unspecified atom stereocenters. The van der Waals surface area contributed by atoms with Crippen molar-refractivity contribution in [3.63, 3.8) is 0 Å². The van der Waals surface area contributed by atoms with Crippen LogP contribution in [0.25, 0.3) is 0 Å². The van der Waals surface area contributed by atoms with Gasteiger partial charge in [-0.3, -0.25) is 9.59 Å². The Morgan fingerprint density at radius 3 is 2.44 bits per heavy atom. The summed E-state index contributed by atoms with van der Waals surface area (Å²) in [5.74, 6) is -0.192. The van der Waals surface area contributed by atoms with Crippen molar-refractivity contribution in [2.24, 2.45) is 5.14 Å². The Labute approximate surface area is 163 Å². The summed E-state index contributed by atoms with van der Waals surface area (Å²) >= 11 is 1.46. The average Bonchev–Trinajstić information content (AvgIpc) is 3.18. The van der Waals surface area contributed by atoms with E-state index in [2.05, 4.69) is 5.32 Å². The predicted molar refractivity (Wildman–Crippen MR) is 105 cm³/mol. The zero-order chi connectivity index (χ0) is 20.0. The lowest BCUT2D eigenvalue weighted by Gasteiger charge is -2.25. The second-order valence-corrected chi connectivity index (χ2v) is 8.51. The fourth-order valence-corrected chi connectivity index (χ4v) is 3.64. The van der Waals surface area contributed by atoms with Crippen molar-refractivity contribution in [1.29, 1.82) is 0 Å². The third-order valence-electron chi connectivity index (χ3n) is 4.30. The molecule has 1 aromatic heterocycles. The number of sulfonamides is 1. The van der Waals surface area contributed by atoms with Crippen LogP contribution in [0.5, 0.6) is 0 Å². The molecule has 27 heavy (non-hydrogen) atoms. The SMILES string of the molecule is CC(c1ccc(S(N)(=O)=O)cc1)N(C)C(=O)CCCNC(=O)c1ccsc1. The minimum absolute atomic E-state index is 0.0359. The van der Waals surface area contributed by atoms with E-state index in [0.29, 0.717) is 24.9 Å². The van der Waals surface area contributed by atoms with Crippen LogP contribution in [0.15, 0.2) is 46.0 Å². The first-order chi connectivity index (χ1) is 12.7. The molecule has 0 fully saturated rings. The molecule has 0 aliphatic carbocycles. The predicted octanol–water partition coefficient (Wildman–Crippen LogP) is 2.13. The van der Waals surface area contributed by atoms with Crippen molar-refractivity contribution in [2.45, 2.75) is 30.7 Å². The quantitative estimate of drug-likeness (QED) is 0.651. The molecule has 1 heterocycles. The minimum Gasteiger partial charge on any atom is -0.352 e. The molecule has 0 aliphatic heterocycles. The third-order valence-corrected chi connectivity index (χ3v) is 5.91. The summed E-state index contributed by atoms with van der Waals surface area (Å²) in [6.07, 6.45) is 0.843. The lowest BCUT2D eigenvalue weighted by atomic mass is 10.1. The number of carbonyl (C=O) groups is 2. The average molecular weight is 410 g/mol. The summed E-state index contributed by atoms with van der Waals surface area (Å²) in [6, 6.07) is 7.69. The van der Waals surface area contributed by atoms with Gasteiger partial charge in [-0.2, -0.15) is 11.3 Å². The van der Waals surface area contributed by atoms with Gasteiger partial charge in [0.15, 0.2) is 0 Å². The number of amides is 2. The lowest BCUT2D eigenvalue weighted by Crippen LogP contribution is -2.31. The number of carbonyl (C=O) groups excluding carboxylic acids is 2. The molecule has 2 aromatic rings. The van der Waals surface area contributed by atoms with E-state index in [1.54, 1.807) is 35.5 Å². The molecule has 0 radical (unpaired) electrons. The maximum Gasteiger partial charge on any atom is 0.252 e. The summed E-state index contributed by atoms with van der Waals surface area (Å²) < 4.78 is 22.6. The number of nitrogens with two attached hydrogens (primary N) is 1. The highest BCUT2D eigenvalue weighted by Gasteiger charge is 2.18. The second-order valence-electron chi connectivity index (χ2n) is 6.17. The number of thiophene rings is 1. The Bertz CT molecular complexity index is 878. The number of benzene rings is 1. The van der Waals surface area contributed by atoms with Crippen LogP contribution in [0.1, 0.15) is 41.7 Å². The minimum atomic E-state index is -3.73. The summed E-state index contributed by atoms with van der Waals surface area (Å²) in [5.41, 5.74) is 1.43. The third kappa shape index (κ3) is 5.88. The number of hydrogen-bond donors (Lipinski definition) is 2. The lowest BCUT2D eigenvalue weighted by molar-refractivity contribution is -0.131. The summed E-state index contributed by atoms with van der Waals surface area (Å²) in [5, 5.41) is 11.5. The molecular weight excluding hydrogens is 386 g/mol. The van der Waals surface area contributed by atoms with Crippen LogP contribution < -0.4 is 10.5 Å². The fourth-order valence-electron chi connectivity index (χ4n) is 2.49. The molecule has 0 saturated carbocycles. The number of rotatable bonds is 8. The number of nitrogens with zero attached hydrogens (tertiary/aromatic N) is 1. The summed E-state index contributed by atoms with van der Waals surface area (Å²) in [6.45, 7) is 2.29. The van der Waals surface area contributed by atoms with Crippen molar-refractivity contribution in [3.05, 3.63) is 52.2 Å². The van der Waals surface area contributed by atoms with Gasteiger partial charge in [0.2, 0.25) is 15.9 Å². The van der Waals surface area contributed by atoms with Crippen LogP contribution in [-0.2, 0) is 14.8 Å². The Kier molecular flexibility index (Phi) is 7.11. The first-order valence-electron chi connectivity index (χ1n) is 8.39. The zero-order valence-corrected chi connectivity index (χ0v) is 16.8. The van der Waals surface area contributed by atoms with Gasteiger partial charge in [0.1, 0.15) is 0 Å². The molecule has 2 amide bonds. The van der Waals surface area contributed by atoms with Crippen LogP contribution in [-0.4, -0.2) is 38.7 Å². The highest BCUT2D eigenvalue weighted by atomic mass is 32.2. The van der Waals surface area contributed by atoms with E-state index in [-0.39, 0.29) is 22.8 Å². The Hall–Kier alpha value is -2.23. The normalized spacial score (nSPS) is 12.4. The van der Waals surface area contributed by atoms with Gasteiger partial charge in [-0.15, -0.1) is 0 Å². The Balaban J connectivity index is 1.82. The van der Waals surface area contributed by atoms with Gasteiger partial charge in [0.25, 0.3) is 5.91 Å². The van der Waals surface area contributed by atoms with Crippen LogP contribution in [0.3, 0.4) is 0 Å². The van der Waals surface area contributed by atoms with Crippen molar-refractivity contribution in [2.75, 3.05) is 13.6 Å². The summed E-state index contributed by atoms with van der Waals surface area (Å²) in [4.78, 5) is 25.8. The van der Waals surface area contributed by atoms with Gasteiger partial charge < -0.3 is 10.2 Å². The molecule has 7 nitrogen and oxygen atoms in total. The second kappa shape index (κ2) is 9.12. The van der Waals surface area contributed by atoms with Crippen LogP contribution in [0.4, 0.5) is 0 Å². The van der Waals surface area contributed by atoms with Crippen molar-refractivity contribution in [3.8, 4) is 0 Å². The van der Waals surface area contributed by atoms with Gasteiger partial charge >= 0.3 is 0 Å². The summed E-state index contributed by atoms with van der Waals surface area (Å²) in [7, 11) is -2.04. The molecule has 3 N–H and O–H groups in total. The van der Waals surface area contributed by atoms with E-state index in [1.165, 1.54) is 23.5 Å². The molecule has 0 spiro atoms. The van der Waals surface area contributed by atoms with Gasteiger partial charge in [-0.05, 0) is 42.5 Å². The van der Waals surface area contributed by atoms with Gasteiger partial charge in [0.05, 0.1) is 10.9 Å². The van der Waals surface area contributed by atoms with E-state index in [0.717, 1.165) is 5.56 Å².